The fraction of sp³-hybridized carbons (Fsp3) is 0.385. The summed E-state index contributed by atoms with van der Waals surface area (Å²) < 4.78 is 10.2. The molecule has 5 heteroatoms. The molecule has 0 aromatic heterocycles. The highest BCUT2D eigenvalue weighted by atomic mass is 16.5. The van der Waals surface area contributed by atoms with E-state index >= 15 is 0 Å². The first-order chi connectivity index (χ1) is 8.72. The van der Waals surface area contributed by atoms with Gasteiger partial charge >= 0.3 is 0 Å². The van der Waals surface area contributed by atoms with E-state index in [2.05, 4.69) is 5.32 Å². The van der Waals surface area contributed by atoms with Crippen LogP contribution in [0.2, 0.25) is 0 Å². The largest absolute Gasteiger partial charge is 0.493 e. The summed E-state index contributed by atoms with van der Waals surface area (Å²) in [6, 6.07) is 6.51. The van der Waals surface area contributed by atoms with Crippen LogP contribution in [-0.2, 0) is 9.53 Å². The first-order valence-electron chi connectivity index (χ1n) is 5.76. The first kappa shape index (κ1) is 12.6. The van der Waals surface area contributed by atoms with Crippen molar-refractivity contribution in [2.24, 2.45) is 0 Å². The lowest BCUT2D eigenvalue weighted by Gasteiger charge is -2.14. The summed E-state index contributed by atoms with van der Waals surface area (Å²) in [5.41, 5.74) is 0.512. The number of methoxy groups -OCH3 is 1. The molecule has 1 aromatic carbocycles. The predicted octanol–water partition coefficient (Wildman–Crippen LogP) is 0.783. The van der Waals surface area contributed by atoms with Crippen molar-refractivity contribution in [2.75, 3.05) is 20.3 Å². The average molecular weight is 249 g/mol. The van der Waals surface area contributed by atoms with Gasteiger partial charge in [-0.2, -0.15) is 0 Å². The maximum Gasteiger partial charge on any atom is 0.246 e. The Morgan fingerprint density at radius 1 is 1.50 bits per heavy atom. The molecule has 1 aliphatic heterocycles. The number of Topliss-reactive ketones (excluding diaryl/α,β-unsaturated/α-hetero) is 1. The van der Waals surface area contributed by atoms with Crippen molar-refractivity contribution in [2.45, 2.75) is 12.5 Å². The minimum Gasteiger partial charge on any atom is -0.493 e. The molecule has 1 aliphatic rings. The van der Waals surface area contributed by atoms with Gasteiger partial charge in [-0.3, -0.25) is 9.59 Å². The smallest absolute Gasteiger partial charge is 0.246 e. The van der Waals surface area contributed by atoms with E-state index in [1.807, 2.05) is 6.07 Å². The van der Waals surface area contributed by atoms with Crippen LogP contribution < -0.4 is 10.1 Å². The summed E-state index contributed by atoms with van der Waals surface area (Å²) >= 11 is 0. The fourth-order valence-corrected chi connectivity index (χ4v) is 1.91. The van der Waals surface area contributed by atoms with E-state index in [9.17, 15) is 9.59 Å². The number of para-hydroxylation sites is 1. The number of hydrogen-bond acceptors (Lipinski definition) is 4. The van der Waals surface area contributed by atoms with E-state index in [0.29, 0.717) is 24.3 Å². The summed E-state index contributed by atoms with van der Waals surface area (Å²) in [6.45, 7) is 0.354. The average Bonchev–Trinajstić information content (AvgIpc) is 2.51. The Morgan fingerprint density at radius 2 is 2.28 bits per heavy atom. The third kappa shape index (κ3) is 2.68. The quantitative estimate of drug-likeness (QED) is 0.860. The summed E-state index contributed by atoms with van der Waals surface area (Å²) in [4.78, 5) is 23.7. The number of amides is 1. The molecular weight excluding hydrogens is 234 g/mol. The predicted molar refractivity (Wildman–Crippen MR) is 64.7 cm³/mol. The number of rotatable bonds is 3. The summed E-state index contributed by atoms with van der Waals surface area (Å²) in [6.07, 6.45) is 0.461. The van der Waals surface area contributed by atoms with Crippen molar-refractivity contribution in [1.29, 1.82) is 0 Å². The van der Waals surface area contributed by atoms with Crippen LogP contribution in [0.5, 0.6) is 5.75 Å². The van der Waals surface area contributed by atoms with Crippen molar-refractivity contribution >= 4 is 11.7 Å². The number of ketones is 1. The highest BCUT2D eigenvalue weighted by Crippen LogP contribution is 2.23. The number of ether oxygens (including phenoxy) is 2. The van der Waals surface area contributed by atoms with Gasteiger partial charge in [0.2, 0.25) is 5.91 Å². The highest BCUT2D eigenvalue weighted by Gasteiger charge is 2.27. The zero-order chi connectivity index (χ0) is 13.0. The number of benzene rings is 1. The number of hydrogen-bond donors (Lipinski definition) is 1. The van der Waals surface area contributed by atoms with Gasteiger partial charge in [0.25, 0.3) is 0 Å². The number of carbonyl (C=O) groups excluding carboxylic acids is 2. The number of fused-ring (bicyclic) bond motifs is 1. The Labute approximate surface area is 105 Å². The second-order valence-corrected chi connectivity index (χ2v) is 4.05. The van der Waals surface area contributed by atoms with Gasteiger partial charge in [-0.25, -0.2) is 0 Å². The molecule has 5 nitrogen and oxygen atoms in total. The van der Waals surface area contributed by atoms with Crippen LogP contribution >= 0.6 is 0 Å². The van der Waals surface area contributed by atoms with E-state index < -0.39 is 6.04 Å². The molecule has 18 heavy (non-hydrogen) atoms. The van der Waals surface area contributed by atoms with Crippen LogP contribution in [0.1, 0.15) is 16.8 Å². The molecule has 1 amide bonds. The second-order valence-electron chi connectivity index (χ2n) is 4.05. The highest BCUT2D eigenvalue weighted by molar-refractivity contribution is 6.04. The van der Waals surface area contributed by atoms with E-state index in [4.69, 9.17) is 9.47 Å². The van der Waals surface area contributed by atoms with Gasteiger partial charge in [0, 0.05) is 13.5 Å². The Bertz CT molecular complexity index is 458. The minimum atomic E-state index is -0.545. The van der Waals surface area contributed by atoms with Gasteiger partial charge in [0.15, 0.2) is 5.78 Å². The lowest BCUT2D eigenvalue weighted by Crippen LogP contribution is -2.42. The topological polar surface area (TPSA) is 64.6 Å². The van der Waals surface area contributed by atoms with Gasteiger partial charge in [-0.05, 0) is 12.1 Å². The SMILES string of the molecule is COCC(=O)NC1CCOc2ccccc2C1=O. The van der Waals surface area contributed by atoms with Crippen molar-refractivity contribution in [1.82, 2.24) is 5.32 Å². The van der Waals surface area contributed by atoms with Crippen LogP contribution in [0.4, 0.5) is 0 Å². The molecule has 0 radical (unpaired) electrons. The normalized spacial score (nSPS) is 18.5. The zero-order valence-electron chi connectivity index (χ0n) is 10.1. The molecule has 1 N–H and O–H groups in total. The number of nitrogens with one attached hydrogen (secondary N) is 1. The van der Waals surface area contributed by atoms with Crippen LogP contribution in [0.15, 0.2) is 24.3 Å². The maximum atomic E-state index is 12.2. The summed E-state index contributed by atoms with van der Waals surface area (Å²) in [7, 11) is 1.44. The van der Waals surface area contributed by atoms with Crippen molar-refractivity contribution < 1.29 is 19.1 Å². The summed E-state index contributed by atoms with van der Waals surface area (Å²) in [5.74, 6) is 0.161. The summed E-state index contributed by atoms with van der Waals surface area (Å²) in [5, 5.41) is 2.66. The monoisotopic (exact) mass is 249 g/mol. The molecule has 1 atom stereocenters. The molecule has 0 saturated carbocycles. The Kier molecular flexibility index (Phi) is 3.94. The van der Waals surface area contributed by atoms with E-state index in [0.717, 1.165) is 0 Å². The lowest BCUT2D eigenvalue weighted by atomic mass is 10.0. The second kappa shape index (κ2) is 5.64. The fourth-order valence-electron chi connectivity index (χ4n) is 1.91. The van der Waals surface area contributed by atoms with E-state index in [1.165, 1.54) is 7.11 Å². The Balaban J connectivity index is 2.15. The third-order valence-electron chi connectivity index (χ3n) is 2.74. The molecule has 1 unspecified atom stereocenters. The molecule has 0 saturated heterocycles. The standard InChI is InChI=1S/C13H15NO4/c1-17-8-12(15)14-10-6-7-18-11-5-3-2-4-9(11)13(10)16/h2-5,10H,6-8H2,1H3,(H,14,15). The van der Waals surface area contributed by atoms with Crippen LogP contribution in [-0.4, -0.2) is 38.1 Å². The molecule has 0 bridgehead atoms. The Morgan fingerprint density at radius 3 is 3.06 bits per heavy atom. The van der Waals surface area contributed by atoms with Crippen molar-refractivity contribution in [3.05, 3.63) is 29.8 Å². The zero-order valence-corrected chi connectivity index (χ0v) is 10.1. The van der Waals surface area contributed by atoms with Gasteiger partial charge in [0.05, 0.1) is 18.2 Å². The molecule has 96 valence electrons. The van der Waals surface area contributed by atoms with Crippen molar-refractivity contribution in [3.8, 4) is 5.75 Å². The van der Waals surface area contributed by atoms with E-state index in [-0.39, 0.29) is 18.3 Å². The lowest BCUT2D eigenvalue weighted by molar-refractivity contribution is -0.125. The first-order valence-corrected chi connectivity index (χ1v) is 5.76. The van der Waals surface area contributed by atoms with Gasteiger partial charge in [-0.1, -0.05) is 12.1 Å². The molecular formula is C13H15NO4. The minimum absolute atomic E-state index is 0.0493. The molecule has 0 aliphatic carbocycles. The molecule has 0 fully saturated rings. The van der Waals surface area contributed by atoms with Gasteiger partial charge < -0.3 is 14.8 Å². The maximum absolute atomic E-state index is 12.2. The Hall–Kier alpha value is -1.88. The van der Waals surface area contributed by atoms with Crippen molar-refractivity contribution in [3.63, 3.8) is 0 Å². The van der Waals surface area contributed by atoms with Crippen LogP contribution in [0.25, 0.3) is 0 Å². The molecule has 0 spiro atoms. The van der Waals surface area contributed by atoms with Crippen LogP contribution in [0.3, 0.4) is 0 Å². The van der Waals surface area contributed by atoms with Gasteiger partial charge in [0.1, 0.15) is 12.4 Å². The number of carbonyl (C=O) groups is 2. The molecule has 2 rings (SSSR count). The molecule has 1 heterocycles. The van der Waals surface area contributed by atoms with Crippen LogP contribution in [0, 0.1) is 0 Å². The van der Waals surface area contributed by atoms with E-state index in [1.54, 1.807) is 18.2 Å². The third-order valence-corrected chi connectivity index (χ3v) is 2.74. The molecule has 1 aromatic rings. The van der Waals surface area contributed by atoms with Gasteiger partial charge in [-0.15, -0.1) is 0 Å².